The fourth-order valence-corrected chi connectivity index (χ4v) is 3.90. The summed E-state index contributed by atoms with van der Waals surface area (Å²) in [6.07, 6.45) is 0. The van der Waals surface area contributed by atoms with Gasteiger partial charge in [-0.25, -0.2) is 4.98 Å². The van der Waals surface area contributed by atoms with Gasteiger partial charge in [0, 0.05) is 22.6 Å². The van der Waals surface area contributed by atoms with Gasteiger partial charge >= 0.3 is 5.97 Å². The van der Waals surface area contributed by atoms with E-state index in [4.69, 9.17) is 17.0 Å². The molecule has 0 atom stereocenters. The first-order valence-electron chi connectivity index (χ1n) is 7.15. The quantitative estimate of drug-likeness (QED) is 0.363. The van der Waals surface area contributed by atoms with Gasteiger partial charge in [-0.15, -0.1) is 11.3 Å². The molecule has 116 valence electrons. The molecule has 0 amide bonds. The van der Waals surface area contributed by atoms with Crippen LogP contribution in [0.5, 0.6) is 5.75 Å². The molecule has 1 heterocycles. The van der Waals surface area contributed by atoms with E-state index >= 15 is 0 Å². The molecule has 1 aromatic heterocycles. The Hall–Kier alpha value is -2.11. The Bertz CT molecular complexity index is 976. The third-order valence-electron chi connectivity index (χ3n) is 3.53. The average molecular weight is 341 g/mol. The van der Waals surface area contributed by atoms with E-state index in [9.17, 15) is 4.79 Å². The molecule has 0 aliphatic heterocycles. The lowest BCUT2D eigenvalue weighted by Gasteiger charge is -2.11. The highest BCUT2D eigenvalue weighted by atomic mass is 32.1. The van der Waals surface area contributed by atoms with E-state index in [-0.39, 0.29) is 5.97 Å². The zero-order valence-electron chi connectivity index (χ0n) is 13.0. The molecule has 3 rings (SSSR count). The number of aryl methyl sites for hydroxylation is 2. The highest BCUT2D eigenvalue weighted by molar-refractivity contribution is 7.71. The molecule has 0 aliphatic carbocycles. The van der Waals surface area contributed by atoms with Gasteiger partial charge in [-0.05, 0) is 43.2 Å². The molecule has 0 fully saturated rings. The monoisotopic (exact) mass is 341 g/mol. The first-order valence-corrected chi connectivity index (χ1v) is 8.38. The summed E-state index contributed by atoms with van der Waals surface area (Å²) < 4.78 is 6.96. The molecule has 0 radical (unpaired) electrons. The highest BCUT2D eigenvalue weighted by Crippen LogP contribution is 2.34. The van der Waals surface area contributed by atoms with Crippen molar-refractivity contribution < 1.29 is 9.53 Å². The third-order valence-corrected chi connectivity index (χ3v) is 4.92. The number of rotatable bonds is 2. The summed E-state index contributed by atoms with van der Waals surface area (Å²) in [6.45, 7) is 5.30. The highest BCUT2D eigenvalue weighted by Gasteiger charge is 2.12. The van der Waals surface area contributed by atoms with Crippen LogP contribution in [0.15, 0.2) is 36.4 Å². The van der Waals surface area contributed by atoms with E-state index in [1.165, 1.54) is 6.92 Å². The molecular formula is C18H15NO2S2. The molecule has 3 aromatic rings. The van der Waals surface area contributed by atoms with Crippen molar-refractivity contribution in [2.75, 3.05) is 0 Å². The Morgan fingerprint density at radius 3 is 2.65 bits per heavy atom. The number of aromatic nitrogens is 1. The van der Waals surface area contributed by atoms with Gasteiger partial charge in [0.15, 0.2) is 0 Å². The Morgan fingerprint density at radius 2 is 1.91 bits per heavy atom. The van der Waals surface area contributed by atoms with Crippen LogP contribution in [0.1, 0.15) is 18.1 Å². The second kappa shape index (κ2) is 6.18. The number of carbonyl (C=O) groups excluding carboxylic acids is 1. The zero-order chi connectivity index (χ0) is 16.6. The van der Waals surface area contributed by atoms with Crippen LogP contribution in [0.25, 0.3) is 20.7 Å². The van der Waals surface area contributed by atoms with Gasteiger partial charge in [-0.3, -0.25) is 4.79 Å². The van der Waals surface area contributed by atoms with Gasteiger partial charge in [-0.1, -0.05) is 30.4 Å². The summed E-state index contributed by atoms with van der Waals surface area (Å²) >= 11 is 7.04. The van der Waals surface area contributed by atoms with Crippen LogP contribution in [0.3, 0.4) is 0 Å². The fraction of sp³-hybridized carbons (Fsp3) is 0.167. The topological polar surface area (TPSA) is 39.2 Å². The minimum Gasteiger partial charge on any atom is -0.426 e. The van der Waals surface area contributed by atoms with Crippen molar-refractivity contribution in [3.8, 4) is 16.3 Å². The summed E-state index contributed by atoms with van der Waals surface area (Å²) in [7, 11) is 0. The molecule has 3 nitrogen and oxygen atoms in total. The van der Waals surface area contributed by atoms with Gasteiger partial charge in [0.25, 0.3) is 0 Å². The van der Waals surface area contributed by atoms with Crippen molar-refractivity contribution in [3.05, 3.63) is 52.2 Å². The lowest BCUT2D eigenvalue weighted by atomic mass is 10.1. The maximum atomic E-state index is 11.2. The van der Waals surface area contributed by atoms with Crippen molar-refractivity contribution in [2.45, 2.75) is 20.8 Å². The van der Waals surface area contributed by atoms with Crippen LogP contribution in [0.4, 0.5) is 0 Å². The molecule has 23 heavy (non-hydrogen) atoms. The normalized spacial score (nSPS) is 10.7. The Labute approximate surface area is 143 Å². The number of hydrogen-bond donors (Lipinski definition) is 0. The standard InChI is InChI=1S/C18H15NO2S2/c1-10-9-15(21-12(3)20)11(2)8-14(10)18-19-17(22)13-6-4-5-7-16(13)23-18/h4-9H,1-3H3. The van der Waals surface area contributed by atoms with Crippen molar-refractivity contribution >= 4 is 39.6 Å². The summed E-state index contributed by atoms with van der Waals surface area (Å²) in [4.78, 5) is 15.8. The lowest BCUT2D eigenvalue weighted by Crippen LogP contribution is -2.03. The molecule has 0 aliphatic rings. The van der Waals surface area contributed by atoms with Crippen molar-refractivity contribution in [1.29, 1.82) is 0 Å². The van der Waals surface area contributed by atoms with Gasteiger partial charge in [0.05, 0.1) is 0 Å². The number of fused-ring (bicyclic) bond motifs is 1. The lowest BCUT2D eigenvalue weighted by molar-refractivity contribution is -0.131. The maximum Gasteiger partial charge on any atom is 0.308 e. The van der Waals surface area contributed by atoms with Gasteiger partial charge in [0.1, 0.15) is 15.4 Å². The number of benzene rings is 2. The number of ether oxygens (including phenoxy) is 1. The van der Waals surface area contributed by atoms with E-state index in [1.807, 2.05) is 44.2 Å². The second-order valence-electron chi connectivity index (χ2n) is 5.35. The van der Waals surface area contributed by atoms with Crippen LogP contribution < -0.4 is 4.74 Å². The van der Waals surface area contributed by atoms with Crippen molar-refractivity contribution in [1.82, 2.24) is 4.98 Å². The predicted octanol–water partition coefficient (Wildman–Crippen LogP) is 5.23. The first kappa shape index (κ1) is 15.8. The molecular weight excluding hydrogens is 326 g/mol. The molecule has 0 bridgehead atoms. The number of hydrogen-bond acceptors (Lipinski definition) is 5. The molecule has 0 saturated carbocycles. The van der Waals surface area contributed by atoms with Gasteiger partial charge in [-0.2, -0.15) is 0 Å². The minimum absolute atomic E-state index is 0.320. The fourth-order valence-electron chi connectivity index (χ4n) is 2.41. The van der Waals surface area contributed by atoms with E-state index in [0.717, 1.165) is 31.8 Å². The third kappa shape index (κ3) is 3.16. The summed E-state index contributed by atoms with van der Waals surface area (Å²) in [5.41, 5.74) is 2.91. The predicted molar refractivity (Wildman–Crippen MR) is 96.7 cm³/mol. The SMILES string of the molecule is CC(=O)Oc1cc(C)c(-c2nc(=S)c3ccccc3s2)cc1C. The van der Waals surface area contributed by atoms with Crippen LogP contribution in [-0.4, -0.2) is 11.0 Å². The smallest absolute Gasteiger partial charge is 0.308 e. The molecule has 0 saturated heterocycles. The summed E-state index contributed by atoms with van der Waals surface area (Å²) in [6, 6.07) is 11.9. The summed E-state index contributed by atoms with van der Waals surface area (Å²) in [5.74, 6) is 0.267. The molecule has 5 heteroatoms. The summed E-state index contributed by atoms with van der Waals surface area (Å²) in [5, 5.41) is 1.88. The molecule has 0 spiro atoms. The van der Waals surface area contributed by atoms with Crippen LogP contribution in [0.2, 0.25) is 0 Å². The number of nitrogens with zero attached hydrogens (tertiary/aromatic N) is 1. The largest absolute Gasteiger partial charge is 0.426 e. The molecule has 2 aromatic carbocycles. The van der Waals surface area contributed by atoms with Gasteiger partial charge < -0.3 is 4.74 Å². The first-order chi connectivity index (χ1) is 11.0. The molecule has 0 unspecified atom stereocenters. The van der Waals surface area contributed by atoms with E-state index in [1.54, 1.807) is 11.3 Å². The molecule has 0 N–H and O–H groups in total. The number of esters is 1. The van der Waals surface area contributed by atoms with Crippen LogP contribution >= 0.6 is 23.6 Å². The van der Waals surface area contributed by atoms with Crippen molar-refractivity contribution in [3.63, 3.8) is 0 Å². The van der Waals surface area contributed by atoms with Crippen LogP contribution in [0, 0.1) is 18.5 Å². The maximum absolute atomic E-state index is 11.2. The van der Waals surface area contributed by atoms with Crippen molar-refractivity contribution in [2.24, 2.45) is 0 Å². The Kier molecular flexibility index (Phi) is 4.24. The number of carbonyl (C=O) groups is 1. The second-order valence-corrected chi connectivity index (χ2v) is 6.76. The zero-order valence-corrected chi connectivity index (χ0v) is 14.7. The average Bonchev–Trinajstić information content (AvgIpc) is 2.50. The Balaban J connectivity index is 2.17. The van der Waals surface area contributed by atoms with E-state index < -0.39 is 0 Å². The van der Waals surface area contributed by atoms with E-state index in [2.05, 4.69) is 11.1 Å². The van der Waals surface area contributed by atoms with Gasteiger partial charge in [0.2, 0.25) is 0 Å². The van der Waals surface area contributed by atoms with E-state index in [0.29, 0.717) is 10.4 Å². The minimum atomic E-state index is -0.320. The Morgan fingerprint density at radius 1 is 1.17 bits per heavy atom. The van der Waals surface area contributed by atoms with Crippen LogP contribution in [-0.2, 0) is 4.79 Å².